The lowest BCUT2D eigenvalue weighted by Gasteiger charge is -1.96. The van der Waals surface area contributed by atoms with Crippen molar-refractivity contribution in [2.45, 2.75) is 18.6 Å². The molecular weight excluding hydrogens is 79.8 g/mol. The molecule has 0 aromatic carbocycles. The van der Waals surface area contributed by atoms with Gasteiger partial charge in [0.1, 0.15) is 0 Å². The van der Waals surface area contributed by atoms with Gasteiger partial charge in [-0.05, 0) is 12.8 Å². The molecule has 0 saturated heterocycles. The van der Waals surface area contributed by atoms with E-state index in [0.717, 1.165) is 0 Å². The van der Waals surface area contributed by atoms with Gasteiger partial charge in [-0.2, -0.15) is 0 Å². The summed E-state index contributed by atoms with van der Waals surface area (Å²) in [5.41, 5.74) is 0. The predicted molar refractivity (Wildman–Crippen MR) is 22.0 cm³/mol. The third-order valence-corrected chi connectivity index (χ3v) is 0.948. The fourth-order valence-electron chi connectivity index (χ4n) is 0.254. The van der Waals surface area contributed by atoms with Crippen LogP contribution in [0.1, 0.15) is 12.8 Å². The van der Waals surface area contributed by atoms with Crippen LogP contribution in [0.3, 0.4) is 0 Å². The molecule has 1 N–H and O–H groups in total. The van der Waals surface area contributed by atoms with Crippen LogP contribution in [0, 0.1) is 0 Å². The molecule has 3 heteroatoms. The molecule has 0 atom stereocenters. The number of hydrogen-bond donors (Lipinski definition) is 1. The molecule has 0 aromatic rings. The fourth-order valence-corrected chi connectivity index (χ4v) is 0.254. The monoisotopic (exact) mass is 85.0 g/mol. The van der Waals surface area contributed by atoms with Crippen molar-refractivity contribution in [1.82, 2.24) is 5.23 Å². The smallest absolute Gasteiger partial charge is 0.181 e. The molecule has 32 valence electrons. The zero-order valence-corrected chi connectivity index (χ0v) is 3.37. The Morgan fingerprint density at radius 1 is 1.67 bits per heavy atom. The van der Waals surface area contributed by atoms with E-state index in [0.29, 0.717) is 12.8 Å². The van der Waals surface area contributed by atoms with Gasteiger partial charge in [0.2, 0.25) is 0 Å². The summed E-state index contributed by atoms with van der Waals surface area (Å²) in [5.74, 6) is -1.18. The highest BCUT2D eigenvalue weighted by molar-refractivity contribution is 6.05. The van der Waals surface area contributed by atoms with Crippen LogP contribution in [-0.2, 0) is 0 Å². The van der Waals surface area contributed by atoms with Crippen LogP contribution in [0.15, 0.2) is 0 Å². The highest BCUT2D eigenvalue weighted by atomic mass is 19.1. The minimum Gasteiger partial charge on any atom is -0.336 e. The Bertz CT molecular complexity index is 61.8. The summed E-state index contributed by atoms with van der Waals surface area (Å²) in [7, 11) is 4.74. The van der Waals surface area contributed by atoms with Crippen LogP contribution < -0.4 is 5.23 Å². The first kappa shape index (κ1) is 4.12. The standard InChI is InChI=1S/C3H5BFN/c4-6-3(5)1-2-3/h6H,1-2H2. The highest BCUT2D eigenvalue weighted by Crippen LogP contribution is 2.35. The second kappa shape index (κ2) is 0.966. The molecule has 0 aliphatic heterocycles. The summed E-state index contributed by atoms with van der Waals surface area (Å²) < 4.78 is 12.0. The number of rotatable bonds is 1. The van der Waals surface area contributed by atoms with E-state index >= 15 is 0 Å². The van der Waals surface area contributed by atoms with E-state index in [2.05, 4.69) is 0 Å². The van der Waals surface area contributed by atoms with Crippen molar-refractivity contribution in [1.29, 1.82) is 0 Å². The lowest BCUT2D eigenvalue weighted by atomic mass is 10.4. The normalized spacial score (nSPS) is 26.8. The molecule has 1 nitrogen and oxygen atoms in total. The summed E-state index contributed by atoms with van der Waals surface area (Å²) in [5, 5.41) is 2.05. The van der Waals surface area contributed by atoms with Gasteiger partial charge in [-0.15, -0.1) is 0 Å². The van der Waals surface area contributed by atoms with E-state index < -0.39 is 5.79 Å². The molecule has 6 heavy (non-hydrogen) atoms. The predicted octanol–water partition coefficient (Wildman–Crippen LogP) is 0.119. The van der Waals surface area contributed by atoms with E-state index in [1.54, 1.807) is 0 Å². The van der Waals surface area contributed by atoms with Crippen molar-refractivity contribution in [2.75, 3.05) is 0 Å². The number of alkyl halides is 1. The van der Waals surface area contributed by atoms with Gasteiger partial charge in [0.15, 0.2) is 13.8 Å². The molecule has 0 amide bonds. The summed E-state index contributed by atoms with van der Waals surface area (Å²) in [6.45, 7) is 0. The molecule has 2 radical (unpaired) electrons. The van der Waals surface area contributed by atoms with Crippen molar-refractivity contribution < 1.29 is 4.39 Å². The van der Waals surface area contributed by atoms with Crippen LogP contribution in [0.2, 0.25) is 0 Å². The minimum absolute atomic E-state index is 0.573. The second-order valence-corrected chi connectivity index (χ2v) is 1.61. The first-order valence-electron chi connectivity index (χ1n) is 1.93. The van der Waals surface area contributed by atoms with Crippen molar-refractivity contribution in [3.05, 3.63) is 0 Å². The van der Waals surface area contributed by atoms with Crippen molar-refractivity contribution in [2.24, 2.45) is 0 Å². The van der Waals surface area contributed by atoms with Crippen LogP contribution in [0.5, 0.6) is 0 Å². The van der Waals surface area contributed by atoms with E-state index in [1.165, 1.54) is 0 Å². The van der Waals surface area contributed by atoms with Gasteiger partial charge in [0, 0.05) is 0 Å². The second-order valence-electron chi connectivity index (χ2n) is 1.61. The summed E-state index contributed by atoms with van der Waals surface area (Å²) in [6, 6.07) is 0. The Kier molecular flexibility index (Phi) is 0.664. The number of halogens is 1. The van der Waals surface area contributed by atoms with Crippen molar-refractivity contribution >= 4 is 7.98 Å². The maximum atomic E-state index is 12.0. The molecule has 1 fully saturated rings. The lowest BCUT2D eigenvalue weighted by molar-refractivity contribution is 0.294. The first-order chi connectivity index (χ1) is 2.77. The quantitative estimate of drug-likeness (QED) is 0.352. The third-order valence-electron chi connectivity index (χ3n) is 0.948. The van der Waals surface area contributed by atoms with Gasteiger partial charge in [0.25, 0.3) is 0 Å². The maximum Gasteiger partial charge on any atom is 0.181 e. The molecular formula is C3H5BFN. The molecule has 1 rings (SSSR count). The summed E-state index contributed by atoms with van der Waals surface area (Å²) >= 11 is 0. The Balaban J connectivity index is 2.28. The Hall–Kier alpha value is -0.0451. The Labute approximate surface area is 37.4 Å². The van der Waals surface area contributed by atoms with E-state index in [1.807, 2.05) is 5.23 Å². The molecule has 1 saturated carbocycles. The average Bonchev–Trinajstić information content (AvgIpc) is 2.22. The van der Waals surface area contributed by atoms with E-state index in [-0.39, 0.29) is 0 Å². The van der Waals surface area contributed by atoms with Gasteiger partial charge >= 0.3 is 0 Å². The van der Waals surface area contributed by atoms with Gasteiger partial charge < -0.3 is 5.23 Å². The van der Waals surface area contributed by atoms with Crippen LogP contribution in [-0.4, -0.2) is 13.8 Å². The van der Waals surface area contributed by atoms with E-state index in [4.69, 9.17) is 7.98 Å². The largest absolute Gasteiger partial charge is 0.336 e. The topological polar surface area (TPSA) is 12.0 Å². The van der Waals surface area contributed by atoms with Crippen LogP contribution >= 0.6 is 0 Å². The molecule has 1 aliphatic rings. The van der Waals surface area contributed by atoms with Crippen molar-refractivity contribution in [3.63, 3.8) is 0 Å². The summed E-state index contributed by atoms with van der Waals surface area (Å²) in [4.78, 5) is 0. The lowest BCUT2D eigenvalue weighted by Crippen LogP contribution is -2.22. The highest BCUT2D eigenvalue weighted by Gasteiger charge is 2.40. The molecule has 0 aromatic heterocycles. The SMILES string of the molecule is [B]NC1(F)CC1. The first-order valence-corrected chi connectivity index (χ1v) is 1.93. The molecule has 0 heterocycles. The van der Waals surface area contributed by atoms with Gasteiger partial charge in [-0.1, -0.05) is 0 Å². The van der Waals surface area contributed by atoms with Crippen molar-refractivity contribution in [3.8, 4) is 0 Å². The Morgan fingerprint density at radius 3 is 2.17 bits per heavy atom. The summed E-state index contributed by atoms with van der Waals surface area (Å²) in [6.07, 6.45) is 1.15. The average molecular weight is 84.9 g/mol. The fraction of sp³-hybridized carbons (Fsp3) is 1.00. The maximum absolute atomic E-state index is 12.0. The van der Waals surface area contributed by atoms with Gasteiger partial charge in [0.05, 0.1) is 0 Å². The molecule has 0 bridgehead atoms. The van der Waals surface area contributed by atoms with Gasteiger partial charge in [-0.3, -0.25) is 0 Å². The zero-order chi connectivity index (χ0) is 4.62. The molecule has 1 aliphatic carbocycles. The molecule has 0 spiro atoms. The van der Waals surface area contributed by atoms with Crippen LogP contribution in [0.25, 0.3) is 0 Å². The van der Waals surface area contributed by atoms with Gasteiger partial charge in [-0.25, -0.2) is 4.39 Å². The number of nitrogens with one attached hydrogen (secondary N) is 1. The van der Waals surface area contributed by atoms with Crippen LogP contribution in [0.4, 0.5) is 4.39 Å². The zero-order valence-electron chi connectivity index (χ0n) is 3.37. The Morgan fingerprint density at radius 2 is 2.17 bits per heavy atom. The third kappa shape index (κ3) is 0.546. The minimum atomic E-state index is -1.18. The molecule has 0 unspecified atom stereocenters. The number of hydrogen-bond acceptors (Lipinski definition) is 1. The van der Waals surface area contributed by atoms with E-state index in [9.17, 15) is 4.39 Å².